The molecule has 5 rings (SSSR count). The van der Waals surface area contributed by atoms with Crippen molar-refractivity contribution in [2.24, 2.45) is 0 Å². The van der Waals surface area contributed by atoms with Crippen LogP contribution in [0.3, 0.4) is 0 Å². The topological polar surface area (TPSA) is 49.6 Å². The molecule has 0 aliphatic carbocycles. The maximum absolute atomic E-state index is 13.3. The van der Waals surface area contributed by atoms with E-state index in [1.54, 1.807) is 0 Å². The molecule has 0 saturated carbocycles. The first kappa shape index (κ1) is 18.4. The number of benzene rings is 2. The first-order valence-corrected chi connectivity index (χ1v) is 10.5. The summed E-state index contributed by atoms with van der Waals surface area (Å²) >= 11 is 0. The molecule has 2 aliphatic rings. The number of nitrogens with zero attached hydrogens (tertiary/aromatic N) is 3. The first-order valence-electron chi connectivity index (χ1n) is 10.5. The van der Waals surface area contributed by atoms with Gasteiger partial charge in [0, 0.05) is 42.8 Å². The molecule has 1 atom stereocenters. The zero-order valence-electron chi connectivity index (χ0n) is 17.1. The fourth-order valence-electron chi connectivity index (χ4n) is 5.00. The third kappa shape index (κ3) is 3.14. The van der Waals surface area contributed by atoms with Gasteiger partial charge in [-0.2, -0.15) is 0 Å². The summed E-state index contributed by atoms with van der Waals surface area (Å²) in [5, 5.41) is 6.39. The van der Waals surface area contributed by atoms with E-state index in [1.165, 1.54) is 10.9 Å². The van der Waals surface area contributed by atoms with Crippen molar-refractivity contribution in [2.45, 2.75) is 45.2 Å². The van der Waals surface area contributed by atoms with E-state index in [2.05, 4.69) is 33.2 Å². The van der Waals surface area contributed by atoms with Crippen molar-refractivity contribution in [3.8, 4) is 0 Å². The number of likely N-dealkylation sites (tertiary alicyclic amines) is 2. The number of carbonyl (C=O) groups excluding carboxylic acids is 1. The summed E-state index contributed by atoms with van der Waals surface area (Å²) in [6.07, 6.45) is 3.35. The van der Waals surface area contributed by atoms with E-state index in [0.29, 0.717) is 0 Å². The summed E-state index contributed by atoms with van der Waals surface area (Å²) in [5.74, 6) is 1.06. The largest absolute Gasteiger partial charge is 0.361 e. The highest BCUT2D eigenvalue weighted by molar-refractivity contribution is 5.98. The second-order valence-electron chi connectivity index (χ2n) is 8.59. The molecule has 0 radical (unpaired) electrons. The Morgan fingerprint density at radius 3 is 2.66 bits per heavy atom. The van der Waals surface area contributed by atoms with Crippen molar-refractivity contribution in [2.75, 3.05) is 19.6 Å². The van der Waals surface area contributed by atoms with Crippen LogP contribution in [0, 0.1) is 13.8 Å². The average molecular weight is 389 g/mol. The number of aromatic nitrogens is 1. The molecule has 0 bridgehead atoms. The summed E-state index contributed by atoms with van der Waals surface area (Å²) in [4.78, 5) is 17.9. The molecule has 3 heterocycles. The molecule has 5 heteroatoms. The van der Waals surface area contributed by atoms with Gasteiger partial charge in [-0.05, 0) is 56.0 Å². The van der Waals surface area contributed by atoms with E-state index in [4.69, 9.17) is 4.52 Å². The van der Waals surface area contributed by atoms with Gasteiger partial charge in [0.05, 0.1) is 5.69 Å². The molecule has 2 saturated heterocycles. The van der Waals surface area contributed by atoms with Crippen LogP contribution in [0.1, 0.15) is 46.6 Å². The van der Waals surface area contributed by atoms with Crippen LogP contribution in [-0.4, -0.2) is 46.0 Å². The molecule has 2 fully saturated rings. The lowest BCUT2D eigenvalue weighted by Gasteiger charge is -2.57. The zero-order valence-corrected chi connectivity index (χ0v) is 17.1. The smallest absolute Gasteiger partial charge is 0.253 e. The molecule has 1 aromatic heterocycles. The van der Waals surface area contributed by atoms with Crippen LogP contribution in [0.25, 0.3) is 10.8 Å². The second-order valence-corrected chi connectivity index (χ2v) is 8.59. The van der Waals surface area contributed by atoms with Gasteiger partial charge in [0.25, 0.3) is 5.91 Å². The van der Waals surface area contributed by atoms with Gasteiger partial charge in [-0.15, -0.1) is 0 Å². The van der Waals surface area contributed by atoms with E-state index in [1.807, 2.05) is 38.1 Å². The van der Waals surface area contributed by atoms with Gasteiger partial charge >= 0.3 is 0 Å². The molecule has 3 aromatic rings. The third-order valence-electron chi connectivity index (χ3n) is 6.89. The Labute approximate surface area is 171 Å². The molecule has 2 aliphatic heterocycles. The summed E-state index contributed by atoms with van der Waals surface area (Å²) in [5.41, 5.74) is 3.06. The molecular formula is C24H27N3O2. The van der Waals surface area contributed by atoms with Crippen LogP contribution in [0.5, 0.6) is 0 Å². The molecular weight excluding hydrogens is 362 g/mol. The molecule has 5 nitrogen and oxygen atoms in total. The fourth-order valence-corrected chi connectivity index (χ4v) is 5.00. The van der Waals surface area contributed by atoms with Crippen LogP contribution in [-0.2, 0) is 6.54 Å². The molecule has 29 heavy (non-hydrogen) atoms. The zero-order chi connectivity index (χ0) is 20.0. The quantitative estimate of drug-likeness (QED) is 0.669. The van der Waals surface area contributed by atoms with Crippen LogP contribution in [0.15, 0.2) is 47.0 Å². The van der Waals surface area contributed by atoms with Gasteiger partial charge in [-0.3, -0.25) is 9.69 Å². The molecule has 1 amide bonds. The van der Waals surface area contributed by atoms with Crippen molar-refractivity contribution in [3.63, 3.8) is 0 Å². The van der Waals surface area contributed by atoms with Crippen molar-refractivity contribution < 1.29 is 9.32 Å². The number of fused-ring (bicyclic) bond motifs is 1. The SMILES string of the molecule is Cc1noc(C)c1CN1CC[C@]12CCCN(C(=O)c1ccc3ccccc3c1)C2. The number of hydrogen-bond acceptors (Lipinski definition) is 4. The Morgan fingerprint density at radius 2 is 1.93 bits per heavy atom. The average Bonchev–Trinajstić information content (AvgIpc) is 3.07. The van der Waals surface area contributed by atoms with Gasteiger partial charge in [0.15, 0.2) is 0 Å². The maximum Gasteiger partial charge on any atom is 0.253 e. The Bertz CT molecular complexity index is 1050. The van der Waals surface area contributed by atoms with E-state index < -0.39 is 0 Å². The molecule has 0 N–H and O–H groups in total. The van der Waals surface area contributed by atoms with Gasteiger partial charge in [0.2, 0.25) is 0 Å². The number of aryl methyl sites for hydroxylation is 2. The normalized spacial score (nSPS) is 22.2. The van der Waals surface area contributed by atoms with Gasteiger partial charge in [-0.1, -0.05) is 35.5 Å². The van der Waals surface area contributed by atoms with Crippen molar-refractivity contribution in [3.05, 3.63) is 65.0 Å². The summed E-state index contributed by atoms with van der Waals surface area (Å²) in [6.45, 7) is 7.57. The minimum absolute atomic E-state index is 0.0981. The van der Waals surface area contributed by atoms with Gasteiger partial charge < -0.3 is 9.42 Å². The van der Waals surface area contributed by atoms with E-state index in [9.17, 15) is 4.79 Å². The van der Waals surface area contributed by atoms with Crippen LogP contribution >= 0.6 is 0 Å². The molecule has 150 valence electrons. The Balaban J connectivity index is 1.35. The Morgan fingerprint density at radius 1 is 1.10 bits per heavy atom. The predicted molar refractivity (Wildman–Crippen MR) is 113 cm³/mol. The Kier molecular flexibility index (Phi) is 4.43. The van der Waals surface area contributed by atoms with E-state index >= 15 is 0 Å². The maximum atomic E-state index is 13.3. The lowest BCUT2D eigenvalue weighted by molar-refractivity contribution is -0.0651. The Hall–Kier alpha value is -2.66. The molecule has 1 spiro atoms. The minimum Gasteiger partial charge on any atom is -0.361 e. The number of amides is 1. The van der Waals surface area contributed by atoms with Gasteiger partial charge in [-0.25, -0.2) is 0 Å². The summed E-state index contributed by atoms with van der Waals surface area (Å²) < 4.78 is 5.35. The number of rotatable bonds is 3. The molecule has 0 unspecified atom stereocenters. The van der Waals surface area contributed by atoms with E-state index in [0.717, 1.165) is 67.8 Å². The number of hydrogen-bond donors (Lipinski definition) is 0. The highest BCUT2D eigenvalue weighted by Gasteiger charge is 2.48. The summed E-state index contributed by atoms with van der Waals surface area (Å²) in [7, 11) is 0. The fraction of sp³-hybridized carbons (Fsp3) is 0.417. The van der Waals surface area contributed by atoms with E-state index in [-0.39, 0.29) is 11.4 Å². The van der Waals surface area contributed by atoms with Crippen molar-refractivity contribution >= 4 is 16.7 Å². The highest BCUT2D eigenvalue weighted by Crippen LogP contribution is 2.40. The van der Waals surface area contributed by atoms with Crippen LogP contribution in [0.2, 0.25) is 0 Å². The van der Waals surface area contributed by atoms with Crippen molar-refractivity contribution in [1.82, 2.24) is 15.0 Å². The lowest BCUT2D eigenvalue weighted by atomic mass is 9.77. The lowest BCUT2D eigenvalue weighted by Crippen LogP contribution is -2.67. The van der Waals surface area contributed by atoms with Crippen molar-refractivity contribution in [1.29, 1.82) is 0 Å². The number of carbonyl (C=O) groups is 1. The predicted octanol–water partition coefficient (Wildman–Crippen LogP) is 4.33. The van der Waals surface area contributed by atoms with Crippen LogP contribution < -0.4 is 0 Å². The first-order chi connectivity index (χ1) is 14.1. The van der Waals surface area contributed by atoms with Crippen LogP contribution in [0.4, 0.5) is 0 Å². The van der Waals surface area contributed by atoms with Gasteiger partial charge in [0.1, 0.15) is 5.76 Å². The standard InChI is InChI=1S/C24H27N3O2/c1-17-22(18(2)29-25-17)15-27-13-11-24(27)10-5-12-26(16-24)23(28)21-9-8-19-6-3-4-7-20(19)14-21/h3-4,6-9,14H,5,10-13,15-16H2,1-2H3/t24-/m0/s1. The highest BCUT2D eigenvalue weighted by atomic mass is 16.5. The monoisotopic (exact) mass is 389 g/mol. The third-order valence-corrected chi connectivity index (χ3v) is 6.89. The minimum atomic E-state index is 0.0981. The molecule has 2 aromatic carbocycles. The second kappa shape index (κ2) is 6.99. The summed E-state index contributed by atoms with van der Waals surface area (Å²) in [6, 6.07) is 14.3. The number of piperidine rings is 1.